The van der Waals surface area contributed by atoms with Gasteiger partial charge in [0.1, 0.15) is 12.3 Å². The predicted molar refractivity (Wildman–Crippen MR) is 106 cm³/mol. The van der Waals surface area contributed by atoms with Crippen LogP contribution in [0.5, 0.6) is 5.75 Å². The summed E-state index contributed by atoms with van der Waals surface area (Å²) in [5.41, 5.74) is 4.26. The highest BCUT2D eigenvalue weighted by atomic mass is 32.2. The monoisotopic (exact) mass is 389 g/mol. The number of carbonyl (C=O) groups excluding carboxylic acids is 1. The van der Waals surface area contributed by atoms with Crippen molar-refractivity contribution >= 4 is 27.3 Å². The summed E-state index contributed by atoms with van der Waals surface area (Å²) in [6.45, 7) is 4.90. The van der Waals surface area contributed by atoms with Crippen molar-refractivity contribution in [3.8, 4) is 5.75 Å². The Morgan fingerprint density at radius 3 is 2.41 bits per heavy atom. The van der Waals surface area contributed by atoms with E-state index in [1.54, 1.807) is 50.2 Å². The third-order valence-electron chi connectivity index (χ3n) is 3.64. The molecule has 0 radical (unpaired) electrons. The largest absolute Gasteiger partial charge is 0.497 e. The van der Waals surface area contributed by atoms with Crippen LogP contribution in [0.3, 0.4) is 0 Å². The standard InChI is InChI=1S/C19H23N3O4S/c1-14(2)20-21-19(23)13-22(16-6-5-7-17(12-16)26-4)27(24,25)18-10-8-15(3)9-11-18/h5-12H,13H2,1-4H3,(H,21,23). The molecule has 0 spiro atoms. The van der Waals surface area contributed by atoms with Crippen LogP contribution < -0.4 is 14.5 Å². The normalized spacial score (nSPS) is 10.8. The maximum absolute atomic E-state index is 13.2. The predicted octanol–water partition coefficient (Wildman–Crippen LogP) is 2.71. The fourth-order valence-electron chi connectivity index (χ4n) is 2.26. The van der Waals surface area contributed by atoms with Crippen LogP contribution in [0, 0.1) is 6.92 Å². The third-order valence-corrected chi connectivity index (χ3v) is 5.43. The number of nitrogens with one attached hydrogen (secondary N) is 1. The molecule has 0 aliphatic heterocycles. The number of benzene rings is 2. The van der Waals surface area contributed by atoms with E-state index in [1.807, 2.05) is 6.92 Å². The molecule has 1 amide bonds. The minimum absolute atomic E-state index is 0.0962. The number of rotatable bonds is 7. The van der Waals surface area contributed by atoms with Gasteiger partial charge in [-0.05, 0) is 45.0 Å². The number of carbonyl (C=O) groups is 1. The van der Waals surface area contributed by atoms with Gasteiger partial charge in [-0.15, -0.1) is 0 Å². The lowest BCUT2D eigenvalue weighted by molar-refractivity contribution is -0.119. The Hall–Kier alpha value is -2.87. The molecule has 7 nitrogen and oxygen atoms in total. The van der Waals surface area contributed by atoms with Crippen molar-refractivity contribution in [2.45, 2.75) is 25.7 Å². The number of hydrazone groups is 1. The van der Waals surface area contributed by atoms with Gasteiger partial charge in [-0.1, -0.05) is 23.8 Å². The van der Waals surface area contributed by atoms with Crippen LogP contribution in [0.1, 0.15) is 19.4 Å². The van der Waals surface area contributed by atoms with E-state index in [0.29, 0.717) is 17.1 Å². The number of nitrogens with zero attached hydrogens (tertiary/aromatic N) is 2. The van der Waals surface area contributed by atoms with Crippen molar-refractivity contribution < 1.29 is 17.9 Å². The molecule has 1 N–H and O–H groups in total. The van der Waals surface area contributed by atoms with Crippen molar-refractivity contribution in [1.82, 2.24) is 5.43 Å². The topological polar surface area (TPSA) is 88.1 Å². The lowest BCUT2D eigenvalue weighted by Crippen LogP contribution is -2.39. The zero-order valence-corrected chi connectivity index (χ0v) is 16.6. The van der Waals surface area contributed by atoms with Crippen LogP contribution in [0.4, 0.5) is 5.69 Å². The Labute approximate surface area is 159 Å². The number of methoxy groups -OCH3 is 1. The molecule has 0 aliphatic rings. The van der Waals surface area contributed by atoms with Crippen molar-refractivity contribution in [2.75, 3.05) is 18.0 Å². The number of ether oxygens (including phenoxy) is 1. The molecule has 27 heavy (non-hydrogen) atoms. The fourth-order valence-corrected chi connectivity index (χ4v) is 3.67. The Bertz CT molecular complexity index is 934. The first kappa shape index (κ1) is 20.4. The van der Waals surface area contributed by atoms with E-state index in [0.717, 1.165) is 9.87 Å². The Balaban J connectivity index is 2.46. The molecule has 0 unspecified atom stereocenters. The summed E-state index contributed by atoms with van der Waals surface area (Å²) in [7, 11) is -2.47. The molecular formula is C19H23N3O4S. The first-order valence-electron chi connectivity index (χ1n) is 8.27. The van der Waals surface area contributed by atoms with E-state index in [1.165, 1.54) is 19.2 Å². The highest BCUT2D eigenvalue weighted by molar-refractivity contribution is 7.92. The second-order valence-electron chi connectivity index (χ2n) is 6.12. The first-order chi connectivity index (χ1) is 12.7. The maximum atomic E-state index is 13.2. The average Bonchev–Trinajstić information content (AvgIpc) is 2.64. The van der Waals surface area contributed by atoms with Crippen molar-refractivity contribution in [3.05, 3.63) is 54.1 Å². The number of hydrogen-bond acceptors (Lipinski definition) is 5. The van der Waals surface area contributed by atoms with Gasteiger partial charge in [0.05, 0.1) is 17.7 Å². The number of amides is 1. The van der Waals surface area contributed by atoms with E-state index in [2.05, 4.69) is 10.5 Å². The Morgan fingerprint density at radius 1 is 1.15 bits per heavy atom. The van der Waals surface area contributed by atoms with Gasteiger partial charge in [-0.25, -0.2) is 13.8 Å². The van der Waals surface area contributed by atoms with Crippen LogP contribution >= 0.6 is 0 Å². The SMILES string of the molecule is COc1cccc(N(CC(=O)NN=C(C)C)S(=O)(=O)c2ccc(C)cc2)c1. The average molecular weight is 389 g/mol. The zero-order chi connectivity index (χ0) is 20.0. The highest BCUT2D eigenvalue weighted by Crippen LogP contribution is 2.27. The molecule has 0 aromatic heterocycles. The van der Waals surface area contributed by atoms with Gasteiger partial charge in [-0.2, -0.15) is 5.10 Å². The van der Waals surface area contributed by atoms with E-state index in [9.17, 15) is 13.2 Å². The summed E-state index contributed by atoms with van der Waals surface area (Å²) in [5, 5.41) is 3.84. The minimum atomic E-state index is -3.96. The van der Waals surface area contributed by atoms with Gasteiger partial charge < -0.3 is 4.74 Å². The maximum Gasteiger partial charge on any atom is 0.264 e. The number of sulfonamides is 1. The zero-order valence-electron chi connectivity index (χ0n) is 15.8. The van der Waals surface area contributed by atoms with Gasteiger partial charge in [0.25, 0.3) is 15.9 Å². The van der Waals surface area contributed by atoms with Gasteiger partial charge in [0.2, 0.25) is 0 Å². The van der Waals surface area contributed by atoms with Gasteiger partial charge in [0, 0.05) is 11.8 Å². The Morgan fingerprint density at radius 2 is 1.81 bits per heavy atom. The highest BCUT2D eigenvalue weighted by Gasteiger charge is 2.27. The summed E-state index contributed by atoms with van der Waals surface area (Å²) in [6, 6.07) is 13.0. The van der Waals surface area contributed by atoms with Crippen molar-refractivity contribution in [2.24, 2.45) is 5.10 Å². The summed E-state index contributed by atoms with van der Waals surface area (Å²) < 4.78 is 32.6. The molecule has 2 rings (SSSR count). The third kappa shape index (κ3) is 5.30. The summed E-state index contributed by atoms with van der Waals surface area (Å²) in [6.07, 6.45) is 0. The number of anilines is 1. The smallest absolute Gasteiger partial charge is 0.264 e. The molecule has 2 aromatic rings. The van der Waals surface area contributed by atoms with Crippen molar-refractivity contribution in [1.29, 1.82) is 0 Å². The minimum Gasteiger partial charge on any atom is -0.497 e. The molecular weight excluding hydrogens is 366 g/mol. The molecule has 8 heteroatoms. The van der Waals surface area contributed by atoms with Gasteiger partial charge in [-0.3, -0.25) is 9.10 Å². The summed E-state index contributed by atoms with van der Waals surface area (Å²) >= 11 is 0. The Kier molecular flexibility index (Phi) is 6.57. The number of hydrogen-bond donors (Lipinski definition) is 1. The molecule has 0 saturated heterocycles. The lowest BCUT2D eigenvalue weighted by atomic mass is 10.2. The molecule has 0 atom stereocenters. The second-order valence-corrected chi connectivity index (χ2v) is 7.98. The molecule has 2 aromatic carbocycles. The fraction of sp³-hybridized carbons (Fsp3) is 0.263. The van der Waals surface area contributed by atoms with E-state index >= 15 is 0 Å². The van der Waals surface area contributed by atoms with E-state index in [-0.39, 0.29) is 4.90 Å². The molecule has 0 bridgehead atoms. The van der Waals surface area contributed by atoms with E-state index in [4.69, 9.17) is 4.74 Å². The molecule has 144 valence electrons. The summed E-state index contributed by atoms with van der Waals surface area (Å²) in [5.74, 6) is -0.0610. The van der Waals surface area contributed by atoms with Crippen LogP contribution in [-0.2, 0) is 14.8 Å². The molecule has 0 saturated carbocycles. The van der Waals surface area contributed by atoms with E-state index < -0.39 is 22.5 Å². The quantitative estimate of drug-likeness (QED) is 0.583. The lowest BCUT2D eigenvalue weighted by Gasteiger charge is -2.24. The van der Waals surface area contributed by atoms with Crippen molar-refractivity contribution in [3.63, 3.8) is 0 Å². The van der Waals surface area contributed by atoms with Gasteiger partial charge >= 0.3 is 0 Å². The van der Waals surface area contributed by atoms with Gasteiger partial charge in [0.15, 0.2) is 0 Å². The van der Waals surface area contributed by atoms with Crippen LogP contribution in [0.2, 0.25) is 0 Å². The van der Waals surface area contributed by atoms with Crippen LogP contribution in [0.25, 0.3) is 0 Å². The van der Waals surface area contributed by atoms with Crippen LogP contribution in [-0.4, -0.2) is 33.7 Å². The number of aryl methyl sites for hydroxylation is 1. The first-order valence-corrected chi connectivity index (χ1v) is 9.71. The summed E-state index contributed by atoms with van der Waals surface area (Å²) in [4.78, 5) is 12.4. The molecule has 0 aliphatic carbocycles. The van der Waals surface area contributed by atoms with Crippen LogP contribution in [0.15, 0.2) is 58.5 Å². The molecule has 0 heterocycles. The molecule has 0 fully saturated rings. The second kappa shape index (κ2) is 8.68.